The highest BCUT2D eigenvalue weighted by Gasteiger charge is 2.31. The van der Waals surface area contributed by atoms with E-state index >= 15 is 0 Å². The Bertz CT molecular complexity index is 1160. The molecule has 0 spiro atoms. The molecule has 0 saturated carbocycles. The van der Waals surface area contributed by atoms with Gasteiger partial charge < -0.3 is 14.2 Å². The SMILES string of the molecule is COc1ccc(C(=O)OCc2csc(N(C(C)=O)c3cccc(C(F)(F)F)c3)n2)cc1OC. The summed E-state index contributed by atoms with van der Waals surface area (Å²) in [6, 6.07) is 8.95. The molecule has 0 atom stereocenters. The highest BCUT2D eigenvalue weighted by atomic mass is 32.1. The number of ether oxygens (including phenoxy) is 3. The first-order chi connectivity index (χ1) is 15.6. The van der Waals surface area contributed by atoms with E-state index < -0.39 is 23.6 Å². The maximum atomic E-state index is 13.1. The van der Waals surface area contributed by atoms with E-state index in [4.69, 9.17) is 14.2 Å². The average molecular weight is 480 g/mol. The van der Waals surface area contributed by atoms with Gasteiger partial charge in [-0.15, -0.1) is 11.3 Å². The molecule has 11 heteroatoms. The van der Waals surface area contributed by atoms with Crippen molar-refractivity contribution in [2.24, 2.45) is 0 Å². The number of aromatic nitrogens is 1. The third-order valence-corrected chi connectivity index (χ3v) is 5.32. The van der Waals surface area contributed by atoms with Crippen LogP contribution in [0.4, 0.5) is 24.0 Å². The Balaban J connectivity index is 1.76. The number of hydrogen-bond donors (Lipinski definition) is 0. The molecular formula is C22H19F3N2O5S. The Hall–Kier alpha value is -3.60. The Labute approximate surface area is 191 Å². The zero-order valence-electron chi connectivity index (χ0n) is 17.8. The van der Waals surface area contributed by atoms with Crippen LogP contribution in [0.2, 0.25) is 0 Å². The van der Waals surface area contributed by atoms with Gasteiger partial charge in [0, 0.05) is 12.3 Å². The molecule has 1 heterocycles. The highest BCUT2D eigenvalue weighted by molar-refractivity contribution is 7.14. The summed E-state index contributed by atoms with van der Waals surface area (Å²) >= 11 is 1.04. The molecule has 0 bridgehead atoms. The number of alkyl halides is 3. The predicted octanol–water partition coefficient (Wildman–Crippen LogP) is 5.22. The van der Waals surface area contributed by atoms with Crippen molar-refractivity contribution >= 4 is 34.0 Å². The fraction of sp³-hybridized carbons (Fsp3) is 0.227. The molecule has 0 unspecified atom stereocenters. The van der Waals surface area contributed by atoms with Crippen molar-refractivity contribution in [3.8, 4) is 11.5 Å². The van der Waals surface area contributed by atoms with Gasteiger partial charge in [0.15, 0.2) is 16.6 Å². The van der Waals surface area contributed by atoms with Crippen molar-refractivity contribution in [3.63, 3.8) is 0 Å². The molecular weight excluding hydrogens is 461 g/mol. The molecule has 0 saturated heterocycles. The molecule has 7 nitrogen and oxygen atoms in total. The minimum absolute atomic E-state index is 0.0283. The number of amides is 1. The number of carbonyl (C=O) groups is 2. The van der Waals surface area contributed by atoms with Crippen LogP contribution >= 0.6 is 11.3 Å². The van der Waals surface area contributed by atoms with Crippen LogP contribution in [-0.4, -0.2) is 31.1 Å². The molecule has 1 aromatic heterocycles. The number of esters is 1. The van der Waals surface area contributed by atoms with Crippen LogP contribution in [0, 0.1) is 0 Å². The first kappa shape index (κ1) is 24.1. The zero-order valence-corrected chi connectivity index (χ0v) is 18.6. The molecule has 3 rings (SSSR count). The summed E-state index contributed by atoms with van der Waals surface area (Å²) in [6.07, 6.45) is -4.55. The molecule has 0 fully saturated rings. The number of benzene rings is 2. The number of halogens is 3. The normalized spacial score (nSPS) is 11.1. The average Bonchev–Trinajstić information content (AvgIpc) is 3.24. The molecule has 0 aliphatic rings. The summed E-state index contributed by atoms with van der Waals surface area (Å²) in [5.74, 6) is -0.331. The number of hydrogen-bond acceptors (Lipinski definition) is 7. The molecule has 0 aliphatic carbocycles. The third-order valence-electron chi connectivity index (χ3n) is 4.45. The van der Waals surface area contributed by atoms with Gasteiger partial charge in [-0.25, -0.2) is 9.78 Å². The molecule has 3 aromatic rings. The number of methoxy groups -OCH3 is 2. The zero-order chi connectivity index (χ0) is 24.2. The fourth-order valence-electron chi connectivity index (χ4n) is 2.90. The Morgan fingerprint density at radius 1 is 1.06 bits per heavy atom. The third kappa shape index (κ3) is 5.61. The lowest BCUT2D eigenvalue weighted by Crippen LogP contribution is -2.23. The van der Waals surface area contributed by atoms with E-state index in [1.54, 1.807) is 11.4 Å². The van der Waals surface area contributed by atoms with Crippen LogP contribution in [0.3, 0.4) is 0 Å². The summed E-state index contributed by atoms with van der Waals surface area (Å²) < 4.78 is 54.8. The fourth-order valence-corrected chi connectivity index (χ4v) is 3.77. The lowest BCUT2D eigenvalue weighted by atomic mass is 10.2. The topological polar surface area (TPSA) is 78.0 Å². The maximum absolute atomic E-state index is 13.1. The van der Waals surface area contributed by atoms with Gasteiger partial charge in [-0.05, 0) is 36.4 Å². The quantitative estimate of drug-likeness (QED) is 0.432. The summed E-state index contributed by atoms with van der Waals surface area (Å²) in [5.41, 5.74) is -0.285. The van der Waals surface area contributed by atoms with Gasteiger partial charge in [-0.1, -0.05) is 6.07 Å². The Morgan fingerprint density at radius 2 is 1.79 bits per heavy atom. The molecule has 0 N–H and O–H groups in total. The number of thiazole rings is 1. The van der Waals surface area contributed by atoms with E-state index in [0.717, 1.165) is 28.4 Å². The highest BCUT2D eigenvalue weighted by Crippen LogP contribution is 2.35. The van der Waals surface area contributed by atoms with Crippen molar-refractivity contribution in [3.05, 3.63) is 64.7 Å². The second kappa shape index (κ2) is 9.90. The van der Waals surface area contributed by atoms with Gasteiger partial charge in [0.25, 0.3) is 0 Å². The van der Waals surface area contributed by atoms with E-state index in [2.05, 4.69) is 4.98 Å². The van der Waals surface area contributed by atoms with E-state index in [0.29, 0.717) is 17.2 Å². The van der Waals surface area contributed by atoms with Gasteiger partial charge in [0.2, 0.25) is 5.91 Å². The summed E-state index contributed by atoms with van der Waals surface area (Å²) in [6.45, 7) is 1.02. The number of anilines is 2. The lowest BCUT2D eigenvalue weighted by molar-refractivity contribution is -0.137. The van der Waals surface area contributed by atoms with Crippen LogP contribution < -0.4 is 14.4 Å². The minimum atomic E-state index is -4.55. The van der Waals surface area contributed by atoms with Gasteiger partial charge in [-0.3, -0.25) is 9.69 Å². The van der Waals surface area contributed by atoms with E-state index in [-0.39, 0.29) is 23.0 Å². The van der Waals surface area contributed by atoms with Crippen molar-refractivity contribution in [1.29, 1.82) is 0 Å². The second-order valence-corrected chi connectivity index (χ2v) is 7.51. The summed E-state index contributed by atoms with van der Waals surface area (Å²) in [4.78, 5) is 29.9. The molecule has 0 radical (unpaired) electrons. The smallest absolute Gasteiger partial charge is 0.416 e. The Morgan fingerprint density at radius 3 is 2.42 bits per heavy atom. The van der Waals surface area contributed by atoms with Crippen LogP contribution in [0.5, 0.6) is 11.5 Å². The molecule has 33 heavy (non-hydrogen) atoms. The van der Waals surface area contributed by atoms with Crippen molar-refractivity contribution in [2.45, 2.75) is 19.7 Å². The van der Waals surface area contributed by atoms with E-state index in [9.17, 15) is 22.8 Å². The Kier molecular flexibility index (Phi) is 7.22. The van der Waals surface area contributed by atoms with Gasteiger partial charge in [-0.2, -0.15) is 13.2 Å². The van der Waals surface area contributed by atoms with Crippen LogP contribution in [0.25, 0.3) is 0 Å². The predicted molar refractivity (Wildman–Crippen MR) is 115 cm³/mol. The minimum Gasteiger partial charge on any atom is -0.493 e. The molecule has 2 aromatic carbocycles. The largest absolute Gasteiger partial charge is 0.493 e. The van der Waals surface area contributed by atoms with Crippen LogP contribution in [-0.2, 0) is 22.3 Å². The van der Waals surface area contributed by atoms with Gasteiger partial charge >= 0.3 is 12.1 Å². The summed E-state index contributed by atoms with van der Waals surface area (Å²) in [7, 11) is 2.91. The van der Waals surface area contributed by atoms with Gasteiger partial charge in [0.05, 0.1) is 36.7 Å². The maximum Gasteiger partial charge on any atom is 0.416 e. The van der Waals surface area contributed by atoms with E-state index in [1.165, 1.54) is 45.4 Å². The lowest BCUT2D eigenvalue weighted by Gasteiger charge is -2.19. The number of rotatable bonds is 7. The van der Waals surface area contributed by atoms with Crippen LogP contribution in [0.1, 0.15) is 28.5 Å². The monoisotopic (exact) mass is 480 g/mol. The second-order valence-electron chi connectivity index (χ2n) is 6.67. The molecule has 1 amide bonds. The summed E-state index contributed by atoms with van der Waals surface area (Å²) in [5, 5.41) is 1.71. The molecule has 174 valence electrons. The first-order valence-electron chi connectivity index (χ1n) is 9.45. The van der Waals surface area contributed by atoms with Crippen molar-refractivity contribution < 1.29 is 37.0 Å². The number of carbonyl (C=O) groups excluding carboxylic acids is 2. The van der Waals surface area contributed by atoms with Crippen LogP contribution in [0.15, 0.2) is 47.8 Å². The van der Waals surface area contributed by atoms with Crippen molar-refractivity contribution in [2.75, 3.05) is 19.1 Å². The number of nitrogens with zero attached hydrogens (tertiary/aromatic N) is 2. The molecule has 0 aliphatic heterocycles. The van der Waals surface area contributed by atoms with Gasteiger partial charge in [0.1, 0.15) is 6.61 Å². The van der Waals surface area contributed by atoms with Crippen molar-refractivity contribution in [1.82, 2.24) is 4.98 Å². The standard InChI is InChI=1S/C22H19F3N2O5S/c1-13(28)27(17-6-4-5-15(10-17)22(23,24)25)21-26-16(12-33-21)11-32-20(29)14-7-8-18(30-2)19(9-14)31-3/h4-10,12H,11H2,1-3H3. The first-order valence-corrected chi connectivity index (χ1v) is 10.3. The van der Waals surface area contributed by atoms with E-state index in [1.807, 2.05) is 0 Å².